The van der Waals surface area contributed by atoms with Gasteiger partial charge in [0.05, 0.1) is 41.2 Å². The van der Waals surface area contributed by atoms with E-state index in [1.807, 2.05) is 56.3 Å². The van der Waals surface area contributed by atoms with Crippen molar-refractivity contribution in [1.29, 1.82) is 0 Å². The van der Waals surface area contributed by atoms with E-state index in [4.69, 9.17) is 9.72 Å². The number of nitrogens with one attached hydrogen (secondary N) is 1. The number of anilines is 1. The minimum atomic E-state index is -1.13. The molecule has 1 N–H and O–H groups in total. The summed E-state index contributed by atoms with van der Waals surface area (Å²) in [7, 11) is 1.57. The van der Waals surface area contributed by atoms with Crippen LogP contribution in [0, 0.1) is 17.8 Å². The molecule has 3 aliphatic rings. The normalized spacial score (nSPS) is 25.4. The lowest BCUT2D eigenvalue weighted by Gasteiger charge is -2.32. The van der Waals surface area contributed by atoms with Crippen LogP contribution >= 0.6 is 0 Å². The molecule has 7 rings (SSSR count). The van der Waals surface area contributed by atoms with Crippen molar-refractivity contribution in [3.05, 3.63) is 94.5 Å². The second-order valence-electron chi connectivity index (χ2n) is 10.5. The maximum Gasteiger partial charge on any atom is 0.266 e. The summed E-state index contributed by atoms with van der Waals surface area (Å²) < 4.78 is 6.89. The van der Waals surface area contributed by atoms with E-state index >= 15 is 0 Å². The van der Waals surface area contributed by atoms with Crippen molar-refractivity contribution in [3.63, 3.8) is 0 Å². The molecule has 1 spiro atoms. The predicted molar refractivity (Wildman–Crippen MR) is 142 cm³/mol. The lowest BCUT2D eigenvalue weighted by atomic mass is 9.75. The van der Waals surface area contributed by atoms with Gasteiger partial charge in [-0.05, 0) is 48.4 Å². The fourth-order valence-electron chi connectivity index (χ4n) is 6.71. The average molecular weight is 507 g/mol. The molecular weight excluding hydrogens is 480 g/mol. The minimum Gasteiger partial charge on any atom is -0.497 e. The van der Waals surface area contributed by atoms with Crippen molar-refractivity contribution in [2.45, 2.75) is 25.4 Å². The Labute approximate surface area is 218 Å². The smallest absolute Gasteiger partial charge is 0.266 e. The molecule has 0 aliphatic carbocycles. The Morgan fingerprint density at radius 2 is 1.63 bits per heavy atom. The van der Waals surface area contributed by atoms with Gasteiger partial charge in [-0.15, -0.1) is 0 Å². The van der Waals surface area contributed by atoms with Crippen LogP contribution in [0.3, 0.4) is 0 Å². The molecule has 8 heteroatoms. The van der Waals surface area contributed by atoms with Crippen molar-refractivity contribution in [3.8, 4) is 11.4 Å². The fraction of sp³-hybridized carbons (Fsp3) is 0.267. The van der Waals surface area contributed by atoms with Gasteiger partial charge in [0.1, 0.15) is 17.1 Å². The van der Waals surface area contributed by atoms with Crippen molar-refractivity contribution in [1.82, 2.24) is 14.9 Å². The van der Waals surface area contributed by atoms with Crippen LogP contribution in [0.2, 0.25) is 0 Å². The van der Waals surface area contributed by atoms with Crippen molar-refractivity contribution in [2.24, 2.45) is 17.8 Å². The molecule has 4 heterocycles. The van der Waals surface area contributed by atoms with Gasteiger partial charge in [0.2, 0.25) is 11.8 Å². The van der Waals surface area contributed by atoms with Crippen LogP contribution in [-0.2, 0) is 15.1 Å². The molecule has 4 atom stereocenters. The van der Waals surface area contributed by atoms with Gasteiger partial charge < -0.3 is 4.74 Å². The van der Waals surface area contributed by atoms with Gasteiger partial charge in [-0.1, -0.05) is 44.2 Å². The zero-order valence-electron chi connectivity index (χ0n) is 21.2. The number of benzene rings is 3. The molecular formula is C30H26N4O4. The van der Waals surface area contributed by atoms with Gasteiger partial charge in [-0.25, -0.2) is 9.88 Å². The first-order chi connectivity index (χ1) is 18.4. The van der Waals surface area contributed by atoms with E-state index in [2.05, 4.69) is 5.32 Å². The number of fused-ring (bicyclic) bond motifs is 8. The molecule has 0 bridgehead atoms. The molecule has 1 aromatic heterocycles. The predicted octanol–water partition coefficient (Wildman–Crippen LogP) is 3.38. The van der Waals surface area contributed by atoms with Gasteiger partial charge in [0.15, 0.2) is 0 Å². The third-order valence-electron chi connectivity index (χ3n) is 8.35. The van der Waals surface area contributed by atoms with Crippen molar-refractivity contribution < 1.29 is 14.3 Å². The Kier molecular flexibility index (Phi) is 4.72. The van der Waals surface area contributed by atoms with Crippen LogP contribution in [-0.4, -0.2) is 34.5 Å². The number of rotatable bonds is 3. The summed E-state index contributed by atoms with van der Waals surface area (Å²) in [6.07, 6.45) is 0. The number of ether oxygens (including phenoxy) is 1. The molecule has 2 amide bonds. The highest BCUT2D eigenvalue weighted by molar-refractivity contribution is 6.23. The maximum absolute atomic E-state index is 14.4. The molecule has 8 nitrogen and oxygen atoms in total. The van der Waals surface area contributed by atoms with Crippen LogP contribution < -0.4 is 20.5 Å². The fourth-order valence-corrected chi connectivity index (χ4v) is 6.71. The zero-order chi connectivity index (χ0) is 26.3. The summed E-state index contributed by atoms with van der Waals surface area (Å²) >= 11 is 0. The van der Waals surface area contributed by atoms with E-state index in [0.717, 1.165) is 5.56 Å². The van der Waals surface area contributed by atoms with Gasteiger partial charge in [0, 0.05) is 11.6 Å². The van der Waals surface area contributed by atoms with E-state index in [1.165, 1.54) is 4.90 Å². The highest BCUT2D eigenvalue weighted by Gasteiger charge is 2.70. The van der Waals surface area contributed by atoms with Gasteiger partial charge >= 0.3 is 0 Å². The van der Waals surface area contributed by atoms with Crippen molar-refractivity contribution in [2.75, 3.05) is 12.0 Å². The number of imide groups is 1. The lowest BCUT2D eigenvalue weighted by molar-refractivity contribution is -0.123. The highest BCUT2D eigenvalue weighted by atomic mass is 16.5. The molecule has 38 heavy (non-hydrogen) atoms. The summed E-state index contributed by atoms with van der Waals surface area (Å²) in [5, 5.41) is 4.22. The number of nitrogens with zero attached hydrogens (tertiary/aromatic N) is 3. The Morgan fingerprint density at radius 1 is 0.921 bits per heavy atom. The molecule has 0 saturated carbocycles. The first kappa shape index (κ1) is 22.9. The number of hydrogen-bond donors (Lipinski definition) is 1. The van der Waals surface area contributed by atoms with Crippen LogP contribution in [0.15, 0.2) is 77.6 Å². The van der Waals surface area contributed by atoms with Gasteiger partial charge in [0.25, 0.3) is 5.56 Å². The summed E-state index contributed by atoms with van der Waals surface area (Å²) in [5.74, 6) is -0.791. The van der Waals surface area contributed by atoms with Crippen LogP contribution in [0.25, 0.3) is 16.6 Å². The topological polar surface area (TPSA) is 93.5 Å². The summed E-state index contributed by atoms with van der Waals surface area (Å²) in [6, 6.07) is 21.5. The molecule has 3 aromatic carbocycles. The summed E-state index contributed by atoms with van der Waals surface area (Å²) in [6.45, 7) is 4.09. The van der Waals surface area contributed by atoms with E-state index < -0.39 is 17.4 Å². The molecule has 2 fully saturated rings. The molecule has 0 radical (unpaired) electrons. The van der Waals surface area contributed by atoms with Crippen molar-refractivity contribution >= 4 is 28.4 Å². The molecule has 3 aliphatic heterocycles. The largest absolute Gasteiger partial charge is 0.497 e. The number of amides is 2. The second-order valence-corrected chi connectivity index (χ2v) is 10.5. The number of methoxy groups -OCH3 is 1. The lowest BCUT2D eigenvalue weighted by Crippen LogP contribution is -2.51. The first-order valence-corrected chi connectivity index (χ1v) is 12.8. The number of hydrogen-bond acceptors (Lipinski definition) is 6. The first-order valence-electron chi connectivity index (χ1n) is 12.8. The third kappa shape index (κ3) is 2.73. The van der Waals surface area contributed by atoms with Crippen LogP contribution in [0.5, 0.6) is 5.75 Å². The molecule has 190 valence electrons. The van der Waals surface area contributed by atoms with E-state index in [9.17, 15) is 14.4 Å². The summed E-state index contributed by atoms with van der Waals surface area (Å²) in [4.78, 5) is 48.6. The van der Waals surface area contributed by atoms with E-state index in [0.29, 0.717) is 33.9 Å². The summed E-state index contributed by atoms with van der Waals surface area (Å²) in [5.41, 5.74) is 1.22. The number of carbonyl (C=O) groups is 2. The average Bonchev–Trinajstić information content (AvgIpc) is 3.53. The third-order valence-corrected chi connectivity index (χ3v) is 8.35. The van der Waals surface area contributed by atoms with Crippen LogP contribution in [0.4, 0.5) is 5.69 Å². The number of aromatic nitrogens is 2. The SMILES string of the molecule is COc1ccc(N2C(=O)[C@@H]3[C@H](C(C)C)N[C@@]4(c5ccccc5-n5c4nc4ccccc4c5=O)[C@H]3C2=O)cc1. The number of carbonyl (C=O) groups excluding carboxylic acids is 2. The Bertz CT molecular complexity index is 1710. The highest BCUT2D eigenvalue weighted by Crippen LogP contribution is 2.56. The second kappa shape index (κ2) is 7.85. The Hall–Kier alpha value is -4.30. The Morgan fingerprint density at radius 3 is 2.37 bits per heavy atom. The van der Waals surface area contributed by atoms with E-state index in [-0.39, 0.29) is 29.3 Å². The maximum atomic E-state index is 14.4. The quantitative estimate of drug-likeness (QED) is 0.428. The Balaban J connectivity index is 1.51. The van der Waals surface area contributed by atoms with E-state index in [1.54, 1.807) is 42.0 Å². The molecule has 0 unspecified atom stereocenters. The zero-order valence-corrected chi connectivity index (χ0v) is 21.2. The minimum absolute atomic E-state index is 0.0443. The number of para-hydroxylation sites is 2. The molecule has 4 aromatic rings. The van der Waals surface area contributed by atoms with Gasteiger partial charge in [-0.2, -0.15) is 0 Å². The van der Waals surface area contributed by atoms with Gasteiger partial charge in [-0.3, -0.25) is 24.3 Å². The molecule has 2 saturated heterocycles. The monoisotopic (exact) mass is 506 g/mol. The van der Waals surface area contributed by atoms with Crippen LogP contribution in [0.1, 0.15) is 25.2 Å². The standard InChI is InChI=1S/C30H26N4O4/c1-16(2)25-23-24(28(37)33(27(23)36)17-12-14-18(38-3)15-13-17)30(32-25)20-9-5-7-11-22(20)34-26(35)19-8-4-6-10-21(19)31-29(30)34/h4-16,23-25,32H,1-3H3/t23-,24+,25-,30-/m0/s1.